The largest absolute Gasteiger partial charge is 0.480 e. The molecule has 82 valence electrons. The number of hydrogen-bond donors (Lipinski definition) is 2. The van der Waals surface area contributed by atoms with Crippen molar-refractivity contribution in [3.63, 3.8) is 0 Å². The first-order valence-corrected chi connectivity index (χ1v) is 5.30. The molecule has 1 fully saturated rings. The van der Waals surface area contributed by atoms with Crippen molar-refractivity contribution in [3.05, 3.63) is 0 Å². The minimum atomic E-state index is -0.707. The first-order valence-electron chi connectivity index (χ1n) is 5.30. The molecular formula is C10H20N2O2. The molecule has 1 atom stereocenters. The van der Waals surface area contributed by atoms with Crippen molar-refractivity contribution in [1.82, 2.24) is 10.2 Å². The molecule has 1 rings (SSSR count). The Balaban J connectivity index is 2.71. The first kappa shape index (κ1) is 11.5. The first-order chi connectivity index (χ1) is 6.61. The van der Waals surface area contributed by atoms with Gasteiger partial charge in [0.05, 0.1) is 0 Å². The summed E-state index contributed by atoms with van der Waals surface area (Å²) < 4.78 is 0. The van der Waals surface area contributed by atoms with E-state index in [0.717, 1.165) is 32.6 Å². The molecule has 4 nitrogen and oxygen atoms in total. The topological polar surface area (TPSA) is 52.6 Å². The summed E-state index contributed by atoms with van der Waals surface area (Å²) in [6.07, 6.45) is 1.69. The second kappa shape index (κ2) is 4.75. The molecule has 14 heavy (non-hydrogen) atoms. The summed E-state index contributed by atoms with van der Waals surface area (Å²) in [5.41, 5.74) is -0.688. The zero-order valence-corrected chi connectivity index (χ0v) is 9.05. The lowest BCUT2D eigenvalue weighted by Crippen LogP contribution is -2.53. The van der Waals surface area contributed by atoms with Gasteiger partial charge in [0, 0.05) is 19.6 Å². The van der Waals surface area contributed by atoms with Gasteiger partial charge in [-0.05, 0) is 26.3 Å². The molecule has 0 bridgehead atoms. The highest BCUT2D eigenvalue weighted by Gasteiger charge is 2.37. The van der Waals surface area contributed by atoms with E-state index < -0.39 is 11.5 Å². The molecular weight excluding hydrogens is 180 g/mol. The van der Waals surface area contributed by atoms with E-state index in [0.29, 0.717) is 6.42 Å². The summed E-state index contributed by atoms with van der Waals surface area (Å²) in [7, 11) is 0. The number of hydrogen-bond acceptors (Lipinski definition) is 3. The molecule has 0 aromatic carbocycles. The highest BCUT2D eigenvalue weighted by atomic mass is 16.4. The lowest BCUT2D eigenvalue weighted by Gasteiger charge is -2.36. The van der Waals surface area contributed by atoms with Gasteiger partial charge in [-0.2, -0.15) is 0 Å². The molecule has 1 aliphatic heterocycles. The van der Waals surface area contributed by atoms with Gasteiger partial charge in [-0.25, -0.2) is 0 Å². The van der Waals surface area contributed by atoms with Gasteiger partial charge in [0.2, 0.25) is 0 Å². The number of carboxylic acid groups (broad SMARTS) is 1. The molecule has 0 saturated carbocycles. The Morgan fingerprint density at radius 1 is 1.50 bits per heavy atom. The molecule has 1 saturated heterocycles. The maximum Gasteiger partial charge on any atom is 0.323 e. The van der Waals surface area contributed by atoms with E-state index in [1.54, 1.807) is 0 Å². The zero-order chi connectivity index (χ0) is 10.6. The van der Waals surface area contributed by atoms with Gasteiger partial charge in [0.15, 0.2) is 0 Å². The molecule has 0 aliphatic carbocycles. The quantitative estimate of drug-likeness (QED) is 0.698. The molecule has 1 aliphatic rings. The molecule has 2 N–H and O–H groups in total. The molecule has 0 amide bonds. The minimum Gasteiger partial charge on any atom is -0.480 e. The Kier molecular flexibility index (Phi) is 3.89. The predicted molar refractivity (Wildman–Crippen MR) is 55.4 cm³/mol. The standard InChI is InChI=1S/C10H20N2O2/c1-3-10(2,9(13)14)12-7-4-5-11-6-8-12/h11H,3-8H2,1-2H3,(H,13,14). The fourth-order valence-electron chi connectivity index (χ4n) is 1.85. The zero-order valence-electron chi connectivity index (χ0n) is 9.05. The Hall–Kier alpha value is -0.610. The van der Waals surface area contributed by atoms with Crippen LogP contribution >= 0.6 is 0 Å². The van der Waals surface area contributed by atoms with Crippen LogP contribution in [-0.2, 0) is 4.79 Å². The van der Waals surface area contributed by atoms with Crippen LogP contribution < -0.4 is 5.32 Å². The van der Waals surface area contributed by atoms with Gasteiger partial charge in [-0.15, -0.1) is 0 Å². The molecule has 4 heteroatoms. The van der Waals surface area contributed by atoms with Gasteiger partial charge in [-0.1, -0.05) is 6.92 Å². The van der Waals surface area contributed by atoms with Crippen LogP contribution in [0.2, 0.25) is 0 Å². The lowest BCUT2D eigenvalue weighted by molar-refractivity contribution is -0.150. The third kappa shape index (κ3) is 2.25. The van der Waals surface area contributed by atoms with Crippen molar-refractivity contribution >= 4 is 5.97 Å². The number of carbonyl (C=O) groups is 1. The number of carboxylic acids is 1. The Morgan fingerprint density at radius 2 is 2.21 bits per heavy atom. The van der Waals surface area contributed by atoms with E-state index in [1.807, 2.05) is 13.8 Å². The molecule has 0 aromatic rings. The Bertz CT molecular complexity index is 200. The monoisotopic (exact) mass is 200 g/mol. The molecule has 0 aromatic heterocycles. The van der Waals surface area contributed by atoms with Crippen LogP contribution in [-0.4, -0.2) is 47.7 Å². The van der Waals surface area contributed by atoms with Gasteiger partial charge < -0.3 is 10.4 Å². The summed E-state index contributed by atoms with van der Waals surface area (Å²) in [6, 6.07) is 0. The van der Waals surface area contributed by atoms with Crippen molar-refractivity contribution < 1.29 is 9.90 Å². The van der Waals surface area contributed by atoms with Crippen molar-refractivity contribution in [2.75, 3.05) is 26.2 Å². The summed E-state index contributed by atoms with van der Waals surface area (Å²) >= 11 is 0. The number of nitrogens with one attached hydrogen (secondary N) is 1. The maximum absolute atomic E-state index is 11.2. The normalized spacial score (nSPS) is 23.9. The van der Waals surface area contributed by atoms with Crippen molar-refractivity contribution in [2.24, 2.45) is 0 Å². The summed E-state index contributed by atoms with van der Waals surface area (Å²) in [5.74, 6) is -0.707. The third-order valence-electron chi connectivity index (χ3n) is 3.19. The van der Waals surface area contributed by atoms with Gasteiger partial charge in [-0.3, -0.25) is 9.69 Å². The number of rotatable bonds is 3. The Morgan fingerprint density at radius 3 is 2.79 bits per heavy atom. The summed E-state index contributed by atoms with van der Waals surface area (Å²) in [5, 5.41) is 12.5. The molecule has 0 spiro atoms. The van der Waals surface area contributed by atoms with E-state index in [4.69, 9.17) is 0 Å². The Labute approximate surface area is 85.3 Å². The summed E-state index contributed by atoms with van der Waals surface area (Å²) in [6.45, 7) is 7.35. The van der Waals surface area contributed by atoms with Crippen LogP contribution in [0.5, 0.6) is 0 Å². The smallest absolute Gasteiger partial charge is 0.323 e. The average Bonchev–Trinajstić information content (AvgIpc) is 2.44. The number of nitrogens with zero attached hydrogens (tertiary/aromatic N) is 1. The maximum atomic E-state index is 11.2. The van der Waals surface area contributed by atoms with E-state index in [9.17, 15) is 9.90 Å². The highest BCUT2D eigenvalue weighted by Crippen LogP contribution is 2.20. The van der Waals surface area contributed by atoms with Crippen LogP contribution in [0, 0.1) is 0 Å². The van der Waals surface area contributed by atoms with Crippen molar-refractivity contribution in [2.45, 2.75) is 32.2 Å². The van der Waals surface area contributed by atoms with Crippen LogP contribution in [0.15, 0.2) is 0 Å². The SMILES string of the molecule is CCC(C)(C(=O)O)N1CCCNCC1. The lowest BCUT2D eigenvalue weighted by atomic mass is 9.96. The average molecular weight is 200 g/mol. The van der Waals surface area contributed by atoms with Crippen molar-refractivity contribution in [3.8, 4) is 0 Å². The van der Waals surface area contributed by atoms with E-state index in [1.165, 1.54) is 0 Å². The van der Waals surface area contributed by atoms with E-state index in [2.05, 4.69) is 10.2 Å². The van der Waals surface area contributed by atoms with Crippen LogP contribution in [0.1, 0.15) is 26.7 Å². The van der Waals surface area contributed by atoms with Crippen molar-refractivity contribution in [1.29, 1.82) is 0 Å². The minimum absolute atomic E-state index is 0.655. The van der Waals surface area contributed by atoms with Gasteiger partial charge in [0.25, 0.3) is 0 Å². The second-order valence-corrected chi connectivity index (χ2v) is 4.02. The summed E-state index contributed by atoms with van der Waals surface area (Å²) in [4.78, 5) is 13.3. The second-order valence-electron chi connectivity index (χ2n) is 4.02. The number of aliphatic carboxylic acids is 1. The van der Waals surface area contributed by atoms with Crippen LogP contribution in [0.3, 0.4) is 0 Å². The van der Waals surface area contributed by atoms with E-state index in [-0.39, 0.29) is 0 Å². The highest BCUT2D eigenvalue weighted by molar-refractivity contribution is 5.78. The van der Waals surface area contributed by atoms with E-state index >= 15 is 0 Å². The van der Waals surface area contributed by atoms with Gasteiger partial charge >= 0.3 is 5.97 Å². The van der Waals surface area contributed by atoms with Crippen LogP contribution in [0.25, 0.3) is 0 Å². The predicted octanol–water partition coefficient (Wildman–Crippen LogP) is 0.535. The molecule has 1 heterocycles. The fourth-order valence-corrected chi connectivity index (χ4v) is 1.85. The fraction of sp³-hybridized carbons (Fsp3) is 0.900. The van der Waals surface area contributed by atoms with Gasteiger partial charge in [0.1, 0.15) is 5.54 Å². The van der Waals surface area contributed by atoms with Crippen LogP contribution in [0.4, 0.5) is 0 Å². The molecule has 0 radical (unpaired) electrons. The third-order valence-corrected chi connectivity index (χ3v) is 3.19. The molecule has 1 unspecified atom stereocenters.